The molecule has 4 aliphatic heterocycles. The van der Waals surface area contributed by atoms with Crippen molar-refractivity contribution >= 4 is 24.1 Å². The second-order valence-corrected chi connectivity index (χ2v) is 5.72. The van der Waals surface area contributed by atoms with Crippen LogP contribution in [0, 0.1) is 0 Å². The van der Waals surface area contributed by atoms with Crippen LogP contribution in [0.15, 0.2) is 0 Å². The van der Waals surface area contributed by atoms with Gasteiger partial charge in [0.15, 0.2) is 0 Å². The van der Waals surface area contributed by atoms with Crippen molar-refractivity contribution < 1.29 is 19.2 Å². The molecule has 0 radical (unpaired) electrons. The van der Waals surface area contributed by atoms with Gasteiger partial charge in [0.05, 0.1) is 0 Å². The third-order valence-electron chi connectivity index (χ3n) is 4.31. The predicted octanol–water partition coefficient (Wildman–Crippen LogP) is -2.64. The highest BCUT2D eigenvalue weighted by molar-refractivity contribution is 5.85. The zero-order valence-electron chi connectivity index (χ0n) is 12.0. The SMILES string of the molecule is O=C1NC2NC(=O)N(CCCN3C(=O)NC4NC(=O)NC43)C2N1. The summed E-state index contributed by atoms with van der Waals surface area (Å²) in [5.41, 5.74) is 0. The van der Waals surface area contributed by atoms with Crippen LogP contribution < -0.4 is 31.9 Å². The van der Waals surface area contributed by atoms with Crippen molar-refractivity contribution in [1.82, 2.24) is 41.7 Å². The van der Waals surface area contributed by atoms with Crippen molar-refractivity contribution in [2.75, 3.05) is 13.1 Å². The minimum atomic E-state index is -0.437. The van der Waals surface area contributed by atoms with Crippen LogP contribution in [-0.2, 0) is 0 Å². The summed E-state index contributed by atoms with van der Waals surface area (Å²) in [7, 11) is 0. The summed E-state index contributed by atoms with van der Waals surface area (Å²) >= 11 is 0. The van der Waals surface area contributed by atoms with Crippen molar-refractivity contribution in [3.63, 3.8) is 0 Å². The van der Waals surface area contributed by atoms with Gasteiger partial charge in [-0.15, -0.1) is 0 Å². The average Bonchev–Trinajstić information content (AvgIpc) is 3.14. The van der Waals surface area contributed by atoms with E-state index in [-0.39, 0.29) is 24.1 Å². The van der Waals surface area contributed by atoms with E-state index < -0.39 is 24.7 Å². The van der Waals surface area contributed by atoms with Crippen LogP contribution in [0.25, 0.3) is 0 Å². The van der Waals surface area contributed by atoms with Crippen LogP contribution in [0.5, 0.6) is 0 Å². The lowest BCUT2D eigenvalue weighted by atomic mass is 10.3. The number of amides is 8. The lowest BCUT2D eigenvalue weighted by molar-refractivity contribution is 0.179. The standard InChI is InChI=1S/C11H16N8O4/c20-8-12-4-6(16-8)18(10(22)14-4)2-1-3-19-7-5(15-11(19)23)13-9(21)17-7/h4-7H,1-3H2,(H,14,22)(H,15,23)(H2,12,16,20)(H2,13,17,21). The van der Waals surface area contributed by atoms with Crippen LogP contribution in [0.3, 0.4) is 0 Å². The molecule has 0 bridgehead atoms. The predicted molar refractivity (Wildman–Crippen MR) is 73.6 cm³/mol. The molecule has 23 heavy (non-hydrogen) atoms. The molecule has 0 aromatic carbocycles. The molecule has 12 heteroatoms. The molecule has 4 fully saturated rings. The molecular weight excluding hydrogens is 308 g/mol. The summed E-state index contributed by atoms with van der Waals surface area (Å²) in [4.78, 5) is 49.3. The van der Waals surface area contributed by atoms with E-state index in [1.54, 1.807) is 0 Å². The molecule has 4 heterocycles. The van der Waals surface area contributed by atoms with E-state index in [0.717, 1.165) is 0 Å². The lowest BCUT2D eigenvalue weighted by Gasteiger charge is -2.24. The van der Waals surface area contributed by atoms with Gasteiger partial charge in [0.1, 0.15) is 24.7 Å². The van der Waals surface area contributed by atoms with Gasteiger partial charge in [0.2, 0.25) is 0 Å². The van der Waals surface area contributed by atoms with Crippen molar-refractivity contribution in [1.29, 1.82) is 0 Å². The molecule has 12 nitrogen and oxygen atoms in total. The van der Waals surface area contributed by atoms with Crippen LogP contribution in [0.4, 0.5) is 19.2 Å². The van der Waals surface area contributed by atoms with E-state index in [0.29, 0.717) is 19.5 Å². The molecule has 8 amide bonds. The first-order valence-electron chi connectivity index (χ1n) is 7.31. The number of hydrogen-bond donors (Lipinski definition) is 6. The first kappa shape index (κ1) is 13.7. The van der Waals surface area contributed by atoms with Crippen molar-refractivity contribution in [3.05, 3.63) is 0 Å². The minimum absolute atomic E-state index is 0.271. The van der Waals surface area contributed by atoms with Crippen molar-refractivity contribution in [2.45, 2.75) is 31.1 Å². The Bertz CT molecular complexity index is 547. The van der Waals surface area contributed by atoms with E-state index >= 15 is 0 Å². The molecule has 0 aromatic rings. The molecule has 0 spiro atoms. The Labute approximate surface area is 130 Å². The quantitative estimate of drug-likeness (QED) is 0.335. The summed E-state index contributed by atoms with van der Waals surface area (Å²) in [6, 6.07) is -1.20. The number of nitrogens with zero attached hydrogens (tertiary/aromatic N) is 2. The Morgan fingerprint density at radius 2 is 1.09 bits per heavy atom. The highest BCUT2D eigenvalue weighted by atomic mass is 16.2. The monoisotopic (exact) mass is 324 g/mol. The normalized spacial score (nSPS) is 34.3. The molecule has 4 aliphatic rings. The average molecular weight is 324 g/mol. The van der Waals surface area contributed by atoms with Gasteiger partial charge in [0.25, 0.3) is 0 Å². The number of carbonyl (C=O) groups excluding carboxylic acids is 4. The molecule has 4 atom stereocenters. The number of urea groups is 4. The molecule has 124 valence electrons. The van der Waals surface area contributed by atoms with Crippen molar-refractivity contribution in [3.8, 4) is 0 Å². The summed E-state index contributed by atoms with van der Waals surface area (Å²) in [6.07, 6.45) is -1.22. The summed E-state index contributed by atoms with van der Waals surface area (Å²) < 4.78 is 0. The van der Waals surface area contributed by atoms with E-state index in [1.165, 1.54) is 9.80 Å². The fourth-order valence-electron chi connectivity index (χ4n) is 3.28. The first-order valence-corrected chi connectivity index (χ1v) is 7.31. The van der Waals surface area contributed by atoms with E-state index in [1.807, 2.05) is 0 Å². The van der Waals surface area contributed by atoms with Crippen LogP contribution in [0.1, 0.15) is 6.42 Å². The van der Waals surface area contributed by atoms with Crippen LogP contribution in [0.2, 0.25) is 0 Å². The maximum Gasteiger partial charge on any atom is 0.320 e. The third-order valence-corrected chi connectivity index (χ3v) is 4.31. The number of carbonyl (C=O) groups is 4. The van der Waals surface area contributed by atoms with Gasteiger partial charge in [-0.25, -0.2) is 19.2 Å². The molecule has 0 saturated carbocycles. The van der Waals surface area contributed by atoms with Gasteiger partial charge < -0.3 is 41.7 Å². The molecule has 4 unspecified atom stereocenters. The maximum atomic E-state index is 11.9. The van der Waals surface area contributed by atoms with E-state index in [2.05, 4.69) is 31.9 Å². The van der Waals surface area contributed by atoms with Gasteiger partial charge in [-0.1, -0.05) is 0 Å². The highest BCUT2D eigenvalue weighted by Gasteiger charge is 2.47. The molecule has 0 aliphatic carbocycles. The zero-order valence-corrected chi connectivity index (χ0v) is 12.0. The summed E-state index contributed by atoms with van der Waals surface area (Å²) in [5.74, 6) is 0. The molecule has 4 saturated heterocycles. The summed E-state index contributed by atoms with van der Waals surface area (Å²) in [6.45, 7) is 0.745. The van der Waals surface area contributed by atoms with Crippen LogP contribution in [-0.4, -0.2) is 71.7 Å². The fourth-order valence-corrected chi connectivity index (χ4v) is 3.28. The second-order valence-electron chi connectivity index (χ2n) is 5.72. The zero-order chi connectivity index (χ0) is 16.1. The van der Waals surface area contributed by atoms with Gasteiger partial charge >= 0.3 is 24.1 Å². The second kappa shape index (κ2) is 4.79. The molecule has 6 N–H and O–H groups in total. The Hall–Kier alpha value is -2.92. The third kappa shape index (κ3) is 2.13. The Kier molecular flexibility index (Phi) is 2.86. The number of hydrogen-bond acceptors (Lipinski definition) is 4. The Morgan fingerprint density at radius 3 is 1.52 bits per heavy atom. The summed E-state index contributed by atoms with van der Waals surface area (Å²) in [5, 5.41) is 15.8. The Balaban J connectivity index is 1.33. The molecule has 0 aromatic heterocycles. The number of nitrogens with one attached hydrogen (secondary N) is 6. The maximum absolute atomic E-state index is 11.9. The van der Waals surface area contributed by atoms with E-state index in [4.69, 9.17) is 0 Å². The number of fused-ring (bicyclic) bond motifs is 2. The Morgan fingerprint density at radius 1 is 0.652 bits per heavy atom. The van der Waals surface area contributed by atoms with Gasteiger partial charge in [0, 0.05) is 13.1 Å². The topological polar surface area (TPSA) is 147 Å². The molecular formula is C11H16N8O4. The van der Waals surface area contributed by atoms with Crippen LogP contribution >= 0.6 is 0 Å². The largest absolute Gasteiger partial charge is 0.320 e. The fraction of sp³-hybridized carbons (Fsp3) is 0.636. The molecule has 4 rings (SSSR count). The van der Waals surface area contributed by atoms with E-state index in [9.17, 15) is 19.2 Å². The smallest absolute Gasteiger partial charge is 0.314 e. The van der Waals surface area contributed by atoms with Gasteiger partial charge in [-0.05, 0) is 6.42 Å². The van der Waals surface area contributed by atoms with Gasteiger partial charge in [-0.2, -0.15) is 0 Å². The minimum Gasteiger partial charge on any atom is -0.314 e. The first-order chi connectivity index (χ1) is 11.0. The lowest BCUT2D eigenvalue weighted by Crippen LogP contribution is -2.46. The number of rotatable bonds is 4. The van der Waals surface area contributed by atoms with Gasteiger partial charge in [-0.3, -0.25) is 0 Å². The van der Waals surface area contributed by atoms with Crippen molar-refractivity contribution in [2.24, 2.45) is 0 Å². The highest BCUT2D eigenvalue weighted by Crippen LogP contribution is 2.17.